The van der Waals surface area contributed by atoms with Crippen molar-refractivity contribution >= 4 is 12.4 Å². The second kappa shape index (κ2) is 6.07. The molecule has 0 spiro atoms. The third kappa shape index (κ3) is 2.86. The number of hydrogen-bond donors (Lipinski definition) is 1. The van der Waals surface area contributed by atoms with Crippen LogP contribution >= 0.6 is 12.4 Å². The minimum atomic E-state index is 0. The first kappa shape index (κ1) is 13.3. The highest BCUT2D eigenvalue weighted by atomic mass is 35.5. The number of hydrogen-bond acceptors (Lipinski definition) is 2. The fraction of sp³-hybridized carbons (Fsp3) is 1.00. The lowest BCUT2D eigenvalue weighted by molar-refractivity contribution is 0.113. The molecular weight excluding hydrogens is 208 g/mol. The molecule has 2 heterocycles. The quantitative estimate of drug-likeness (QED) is 0.803. The summed E-state index contributed by atoms with van der Waals surface area (Å²) in [7, 11) is 0. The topological polar surface area (TPSA) is 15.3 Å². The predicted molar refractivity (Wildman–Crippen MR) is 67.7 cm³/mol. The summed E-state index contributed by atoms with van der Waals surface area (Å²) in [5.74, 6) is 0.987. The molecule has 0 saturated carbocycles. The van der Waals surface area contributed by atoms with Crippen molar-refractivity contribution in [3.63, 3.8) is 0 Å². The minimum absolute atomic E-state index is 0. The summed E-state index contributed by atoms with van der Waals surface area (Å²) in [6.45, 7) is 8.54. The van der Waals surface area contributed by atoms with Crippen LogP contribution in [0.1, 0.15) is 39.5 Å². The van der Waals surface area contributed by atoms with Gasteiger partial charge < -0.3 is 5.32 Å². The van der Waals surface area contributed by atoms with Gasteiger partial charge in [-0.2, -0.15) is 0 Å². The average Bonchev–Trinajstić information content (AvgIpc) is 2.66. The highest BCUT2D eigenvalue weighted by Gasteiger charge is 2.33. The van der Waals surface area contributed by atoms with Gasteiger partial charge in [0.2, 0.25) is 0 Å². The second-order valence-electron chi connectivity index (χ2n) is 4.86. The van der Waals surface area contributed by atoms with Gasteiger partial charge in [0, 0.05) is 18.6 Å². The molecule has 0 aliphatic carbocycles. The van der Waals surface area contributed by atoms with Crippen molar-refractivity contribution in [3.8, 4) is 0 Å². The summed E-state index contributed by atoms with van der Waals surface area (Å²) in [5, 5.41) is 3.65. The number of halogens is 1. The molecule has 2 saturated heterocycles. The highest BCUT2D eigenvalue weighted by molar-refractivity contribution is 5.85. The lowest BCUT2D eigenvalue weighted by atomic mass is 9.91. The average molecular weight is 233 g/mol. The Morgan fingerprint density at radius 1 is 1.27 bits per heavy atom. The van der Waals surface area contributed by atoms with Crippen LogP contribution in [-0.2, 0) is 0 Å². The van der Waals surface area contributed by atoms with Crippen LogP contribution in [0.4, 0.5) is 0 Å². The molecule has 2 fully saturated rings. The van der Waals surface area contributed by atoms with E-state index in [0.717, 1.165) is 18.0 Å². The summed E-state index contributed by atoms with van der Waals surface area (Å²) in [5.41, 5.74) is 0. The number of likely N-dealkylation sites (tertiary alicyclic amines) is 1. The molecule has 1 N–H and O–H groups in total. The SMILES string of the molecule is CCC(CC)N1CCC2CCNC2C1.Cl. The first-order valence-corrected chi connectivity index (χ1v) is 6.32. The lowest BCUT2D eigenvalue weighted by Gasteiger charge is -2.39. The van der Waals surface area contributed by atoms with Gasteiger partial charge in [-0.25, -0.2) is 0 Å². The van der Waals surface area contributed by atoms with E-state index in [1.54, 1.807) is 0 Å². The molecule has 0 radical (unpaired) electrons. The minimum Gasteiger partial charge on any atom is -0.312 e. The second-order valence-corrected chi connectivity index (χ2v) is 4.86. The Kier molecular flexibility index (Phi) is 5.37. The van der Waals surface area contributed by atoms with Crippen molar-refractivity contribution in [1.29, 1.82) is 0 Å². The first-order valence-electron chi connectivity index (χ1n) is 6.32. The Morgan fingerprint density at radius 2 is 2.00 bits per heavy atom. The molecule has 90 valence electrons. The summed E-state index contributed by atoms with van der Waals surface area (Å²) >= 11 is 0. The molecule has 2 atom stereocenters. The van der Waals surface area contributed by atoms with Gasteiger partial charge in [0.15, 0.2) is 0 Å². The molecule has 2 nitrogen and oxygen atoms in total. The molecule has 0 aromatic carbocycles. The standard InChI is InChI=1S/C12H24N2.ClH/c1-3-11(4-2)14-8-6-10-5-7-13-12(10)9-14;/h10-13H,3-9H2,1-2H3;1H. The van der Waals surface area contributed by atoms with Crippen LogP contribution < -0.4 is 5.32 Å². The van der Waals surface area contributed by atoms with Crippen molar-refractivity contribution in [2.75, 3.05) is 19.6 Å². The Labute approximate surface area is 100 Å². The van der Waals surface area contributed by atoms with E-state index in [9.17, 15) is 0 Å². The number of nitrogens with one attached hydrogen (secondary N) is 1. The van der Waals surface area contributed by atoms with Gasteiger partial charge in [0.25, 0.3) is 0 Å². The summed E-state index contributed by atoms with van der Waals surface area (Å²) in [4.78, 5) is 2.71. The highest BCUT2D eigenvalue weighted by Crippen LogP contribution is 2.27. The normalized spacial score (nSPS) is 31.4. The van der Waals surface area contributed by atoms with Gasteiger partial charge in [-0.05, 0) is 44.7 Å². The Morgan fingerprint density at radius 3 is 2.67 bits per heavy atom. The molecule has 0 aromatic rings. The van der Waals surface area contributed by atoms with E-state index < -0.39 is 0 Å². The molecule has 0 amide bonds. The van der Waals surface area contributed by atoms with E-state index in [1.807, 2.05) is 0 Å². The van der Waals surface area contributed by atoms with Gasteiger partial charge in [0.05, 0.1) is 0 Å². The third-order valence-electron chi connectivity index (χ3n) is 4.17. The van der Waals surface area contributed by atoms with Crippen molar-refractivity contribution in [2.45, 2.75) is 51.6 Å². The van der Waals surface area contributed by atoms with Gasteiger partial charge in [-0.15, -0.1) is 12.4 Å². The van der Waals surface area contributed by atoms with Gasteiger partial charge >= 0.3 is 0 Å². The van der Waals surface area contributed by atoms with Crippen LogP contribution in [0, 0.1) is 5.92 Å². The first-order chi connectivity index (χ1) is 6.85. The van der Waals surface area contributed by atoms with Crippen LogP contribution in [0.15, 0.2) is 0 Å². The monoisotopic (exact) mass is 232 g/mol. The molecule has 3 heteroatoms. The van der Waals surface area contributed by atoms with E-state index >= 15 is 0 Å². The van der Waals surface area contributed by atoms with Gasteiger partial charge in [-0.3, -0.25) is 4.90 Å². The predicted octanol–water partition coefficient (Wildman–Crippen LogP) is 2.28. The maximum absolute atomic E-state index is 3.65. The fourth-order valence-electron chi connectivity index (χ4n) is 3.19. The molecule has 2 rings (SSSR count). The Balaban J connectivity index is 0.00000112. The van der Waals surface area contributed by atoms with Crippen molar-refractivity contribution < 1.29 is 0 Å². The Hall–Kier alpha value is 0.210. The molecule has 0 aromatic heterocycles. The fourth-order valence-corrected chi connectivity index (χ4v) is 3.19. The van der Waals surface area contributed by atoms with Crippen molar-refractivity contribution in [1.82, 2.24) is 10.2 Å². The molecule has 15 heavy (non-hydrogen) atoms. The zero-order valence-electron chi connectivity index (χ0n) is 10.0. The van der Waals surface area contributed by atoms with Crippen LogP contribution in [0.2, 0.25) is 0 Å². The Bertz CT molecular complexity index is 182. The number of piperidine rings is 1. The van der Waals surface area contributed by atoms with Crippen molar-refractivity contribution in [2.24, 2.45) is 5.92 Å². The largest absolute Gasteiger partial charge is 0.312 e. The molecule has 0 bridgehead atoms. The molecule has 2 aliphatic rings. The van der Waals surface area contributed by atoms with Crippen LogP contribution in [0.25, 0.3) is 0 Å². The molecule has 2 unspecified atom stereocenters. The maximum Gasteiger partial charge on any atom is 0.0224 e. The zero-order chi connectivity index (χ0) is 9.97. The molecular formula is C12H25ClN2. The van der Waals surface area contributed by atoms with E-state index in [1.165, 1.54) is 45.3 Å². The zero-order valence-corrected chi connectivity index (χ0v) is 10.9. The lowest BCUT2D eigenvalue weighted by Crippen LogP contribution is -2.50. The van der Waals surface area contributed by atoms with E-state index in [-0.39, 0.29) is 12.4 Å². The summed E-state index contributed by atoms with van der Waals surface area (Å²) < 4.78 is 0. The third-order valence-corrected chi connectivity index (χ3v) is 4.17. The smallest absolute Gasteiger partial charge is 0.0224 e. The van der Waals surface area contributed by atoms with Gasteiger partial charge in [-0.1, -0.05) is 13.8 Å². The van der Waals surface area contributed by atoms with Crippen LogP contribution in [0.5, 0.6) is 0 Å². The van der Waals surface area contributed by atoms with Crippen molar-refractivity contribution in [3.05, 3.63) is 0 Å². The van der Waals surface area contributed by atoms with E-state index in [0.29, 0.717) is 0 Å². The van der Waals surface area contributed by atoms with Crippen LogP contribution in [-0.4, -0.2) is 36.6 Å². The summed E-state index contributed by atoms with van der Waals surface area (Å²) in [6, 6.07) is 1.64. The number of fused-ring (bicyclic) bond motifs is 1. The van der Waals surface area contributed by atoms with Gasteiger partial charge in [0.1, 0.15) is 0 Å². The van der Waals surface area contributed by atoms with E-state index in [2.05, 4.69) is 24.1 Å². The number of nitrogens with zero attached hydrogens (tertiary/aromatic N) is 1. The molecule has 2 aliphatic heterocycles. The maximum atomic E-state index is 3.65. The van der Waals surface area contributed by atoms with E-state index in [4.69, 9.17) is 0 Å². The number of rotatable bonds is 3. The summed E-state index contributed by atoms with van der Waals surface area (Å²) in [6.07, 6.45) is 5.47. The van der Waals surface area contributed by atoms with Crippen LogP contribution in [0.3, 0.4) is 0 Å².